The van der Waals surface area contributed by atoms with Crippen LogP contribution < -0.4 is 0 Å². The lowest BCUT2D eigenvalue weighted by Gasteiger charge is -2.16. The maximum Gasteiger partial charge on any atom is 0.229 e. The van der Waals surface area contributed by atoms with E-state index >= 15 is 0 Å². The molecular weight excluding hydrogens is 212 g/mol. The molecule has 0 radical (unpaired) electrons. The van der Waals surface area contributed by atoms with Crippen LogP contribution in [-0.2, 0) is 11.2 Å². The fourth-order valence-electron chi connectivity index (χ4n) is 1.67. The SMILES string of the molecule is CC(=O)Cc1noc(C2CCSCC2)n1. The first-order valence-corrected chi connectivity index (χ1v) is 6.31. The summed E-state index contributed by atoms with van der Waals surface area (Å²) in [7, 11) is 0. The van der Waals surface area contributed by atoms with Gasteiger partial charge in [-0.2, -0.15) is 16.7 Å². The van der Waals surface area contributed by atoms with E-state index in [0.29, 0.717) is 17.6 Å². The van der Waals surface area contributed by atoms with Gasteiger partial charge in [0.2, 0.25) is 5.89 Å². The van der Waals surface area contributed by atoms with E-state index in [0.717, 1.165) is 24.3 Å². The summed E-state index contributed by atoms with van der Waals surface area (Å²) in [4.78, 5) is 15.1. The summed E-state index contributed by atoms with van der Waals surface area (Å²) in [6, 6.07) is 0. The first-order valence-electron chi connectivity index (χ1n) is 5.15. The molecule has 82 valence electrons. The summed E-state index contributed by atoms with van der Waals surface area (Å²) in [5.74, 6) is 4.03. The highest BCUT2D eigenvalue weighted by Gasteiger charge is 2.21. The van der Waals surface area contributed by atoms with Gasteiger partial charge in [0, 0.05) is 5.92 Å². The molecule has 0 N–H and O–H groups in total. The van der Waals surface area contributed by atoms with Crippen LogP contribution in [0.3, 0.4) is 0 Å². The zero-order chi connectivity index (χ0) is 10.7. The Morgan fingerprint density at radius 2 is 2.27 bits per heavy atom. The fraction of sp³-hybridized carbons (Fsp3) is 0.700. The second-order valence-electron chi connectivity index (χ2n) is 3.81. The Morgan fingerprint density at radius 3 is 2.93 bits per heavy atom. The molecule has 0 unspecified atom stereocenters. The van der Waals surface area contributed by atoms with E-state index in [4.69, 9.17) is 4.52 Å². The number of rotatable bonds is 3. The van der Waals surface area contributed by atoms with Crippen molar-refractivity contribution in [2.45, 2.75) is 32.1 Å². The van der Waals surface area contributed by atoms with Gasteiger partial charge < -0.3 is 4.52 Å². The summed E-state index contributed by atoms with van der Waals surface area (Å²) in [5, 5.41) is 3.82. The van der Waals surface area contributed by atoms with Crippen LogP contribution in [0, 0.1) is 0 Å². The van der Waals surface area contributed by atoms with Gasteiger partial charge in [0.15, 0.2) is 5.82 Å². The molecule has 0 aliphatic carbocycles. The van der Waals surface area contributed by atoms with Crippen molar-refractivity contribution >= 4 is 17.5 Å². The predicted octanol–water partition coefficient (Wildman–Crippen LogP) is 1.81. The zero-order valence-electron chi connectivity index (χ0n) is 8.73. The van der Waals surface area contributed by atoms with Gasteiger partial charge in [-0.05, 0) is 31.3 Å². The number of nitrogens with zero attached hydrogens (tertiary/aromatic N) is 2. The second kappa shape index (κ2) is 4.79. The lowest BCUT2D eigenvalue weighted by molar-refractivity contribution is -0.116. The van der Waals surface area contributed by atoms with Crippen molar-refractivity contribution in [3.8, 4) is 0 Å². The Hall–Kier alpha value is -0.840. The normalized spacial score (nSPS) is 17.9. The van der Waals surface area contributed by atoms with Crippen molar-refractivity contribution < 1.29 is 9.32 Å². The third-order valence-corrected chi connectivity index (χ3v) is 3.51. The molecule has 1 saturated heterocycles. The maximum absolute atomic E-state index is 10.9. The first-order chi connectivity index (χ1) is 7.25. The number of aromatic nitrogens is 2. The molecule has 1 aromatic heterocycles. The highest BCUT2D eigenvalue weighted by Crippen LogP contribution is 2.30. The van der Waals surface area contributed by atoms with Crippen molar-refractivity contribution in [1.29, 1.82) is 0 Å². The van der Waals surface area contributed by atoms with Crippen LogP contribution in [0.15, 0.2) is 4.52 Å². The molecule has 1 aromatic rings. The van der Waals surface area contributed by atoms with Crippen LogP contribution in [0.25, 0.3) is 0 Å². The van der Waals surface area contributed by atoms with Crippen molar-refractivity contribution in [2.75, 3.05) is 11.5 Å². The molecule has 0 saturated carbocycles. The van der Waals surface area contributed by atoms with Crippen molar-refractivity contribution in [3.05, 3.63) is 11.7 Å². The summed E-state index contributed by atoms with van der Waals surface area (Å²) >= 11 is 1.97. The monoisotopic (exact) mass is 226 g/mol. The lowest BCUT2D eigenvalue weighted by atomic mass is 10.0. The summed E-state index contributed by atoms with van der Waals surface area (Å²) in [6.45, 7) is 1.54. The van der Waals surface area contributed by atoms with E-state index < -0.39 is 0 Å². The Kier molecular flexibility index (Phi) is 3.41. The molecule has 5 heteroatoms. The number of hydrogen-bond donors (Lipinski definition) is 0. The maximum atomic E-state index is 10.9. The molecule has 1 aliphatic rings. The average Bonchev–Trinajstić information content (AvgIpc) is 2.67. The molecule has 1 fully saturated rings. The standard InChI is InChI=1S/C10H14N2O2S/c1-7(13)6-9-11-10(14-12-9)8-2-4-15-5-3-8/h8H,2-6H2,1H3. The molecule has 1 aliphatic heterocycles. The second-order valence-corrected chi connectivity index (χ2v) is 5.04. The van der Waals surface area contributed by atoms with E-state index in [9.17, 15) is 4.79 Å². The average molecular weight is 226 g/mol. The van der Waals surface area contributed by atoms with Gasteiger partial charge in [0.25, 0.3) is 0 Å². The molecule has 0 spiro atoms. The number of thioether (sulfide) groups is 1. The molecule has 15 heavy (non-hydrogen) atoms. The Morgan fingerprint density at radius 1 is 1.53 bits per heavy atom. The van der Waals surface area contributed by atoms with Crippen molar-refractivity contribution in [2.24, 2.45) is 0 Å². The molecule has 0 atom stereocenters. The largest absolute Gasteiger partial charge is 0.339 e. The third kappa shape index (κ3) is 2.81. The quantitative estimate of drug-likeness (QED) is 0.786. The van der Waals surface area contributed by atoms with Gasteiger partial charge in [-0.3, -0.25) is 4.79 Å². The van der Waals surface area contributed by atoms with Crippen LogP contribution in [-0.4, -0.2) is 27.4 Å². The van der Waals surface area contributed by atoms with E-state index in [1.807, 2.05) is 11.8 Å². The topological polar surface area (TPSA) is 56.0 Å². The van der Waals surface area contributed by atoms with E-state index in [1.165, 1.54) is 6.92 Å². The van der Waals surface area contributed by atoms with Gasteiger partial charge in [0.1, 0.15) is 5.78 Å². The van der Waals surface area contributed by atoms with Gasteiger partial charge >= 0.3 is 0 Å². The fourth-order valence-corrected chi connectivity index (χ4v) is 2.78. The minimum Gasteiger partial charge on any atom is -0.339 e. The third-order valence-electron chi connectivity index (χ3n) is 2.46. The summed E-state index contributed by atoms with van der Waals surface area (Å²) in [5.41, 5.74) is 0. The zero-order valence-corrected chi connectivity index (χ0v) is 9.55. The Balaban J connectivity index is 2.02. The molecule has 0 bridgehead atoms. The predicted molar refractivity (Wildman–Crippen MR) is 58.0 cm³/mol. The lowest BCUT2D eigenvalue weighted by Crippen LogP contribution is -2.08. The van der Waals surface area contributed by atoms with Crippen LogP contribution in [0.1, 0.15) is 37.4 Å². The molecule has 0 aromatic carbocycles. The molecule has 0 amide bonds. The van der Waals surface area contributed by atoms with E-state index in [-0.39, 0.29) is 12.2 Å². The van der Waals surface area contributed by atoms with Crippen molar-refractivity contribution in [3.63, 3.8) is 0 Å². The number of carbonyl (C=O) groups is 1. The van der Waals surface area contributed by atoms with Gasteiger partial charge in [-0.15, -0.1) is 0 Å². The van der Waals surface area contributed by atoms with Crippen LogP contribution in [0.2, 0.25) is 0 Å². The number of hydrogen-bond acceptors (Lipinski definition) is 5. The van der Waals surface area contributed by atoms with E-state index in [1.54, 1.807) is 0 Å². The number of ketones is 1. The Bertz CT molecular complexity index is 345. The van der Waals surface area contributed by atoms with Crippen LogP contribution >= 0.6 is 11.8 Å². The summed E-state index contributed by atoms with van der Waals surface area (Å²) < 4.78 is 5.18. The first kappa shape index (κ1) is 10.7. The minimum atomic E-state index is 0.0709. The van der Waals surface area contributed by atoms with Gasteiger partial charge in [0.05, 0.1) is 6.42 Å². The van der Waals surface area contributed by atoms with Crippen LogP contribution in [0.5, 0.6) is 0 Å². The molecular formula is C10H14N2O2S. The smallest absolute Gasteiger partial charge is 0.229 e. The number of carbonyl (C=O) groups excluding carboxylic acids is 1. The van der Waals surface area contributed by atoms with Crippen LogP contribution in [0.4, 0.5) is 0 Å². The Labute approximate surface area is 92.8 Å². The molecule has 2 rings (SSSR count). The van der Waals surface area contributed by atoms with E-state index in [2.05, 4.69) is 10.1 Å². The van der Waals surface area contributed by atoms with Gasteiger partial charge in [-0.1, -0.05) is 5.16 Å². The highest BCUT2D eigenvalue weighted by molar-refractivity contribution is 7.99. The minimum absolute atomic E-state index is 0.0709. The summed E-state index contributed by atoms with van der Waals surface area (Å²) in [6.07, 6.45) is 2.49. The molecule has 2 heterocycles. The molecule has 4 nitrogen and oxygen atoms in total. The van der Waals surface area contributed by atoms with Gasteiger partial charge in [-0.25, -0.2) is 0 Å². The number of Topliss-reactive ketones (excluding diaryl/α,β-unsaturated/α-hetero) is 1. The van der Waals surface area contributed by atoms with Crippen molar-refractivity contribution in [1.82, 2.24) is 10.1 Å². The highest BCUT2D eigenvalue weighted by atomic mass is 32.2.